The van der Waals surface area contributed by atoms with Gasteiger partial charge in [-0.05, 0) is 42.7 Å². The van der Waals surface area contributed by atoms with Crippen LogP contribution in [-0.4, -0.2) is 22.1 Å². The van der Waals surface area contributed by atoms with Crippen LogP contribution in [-0.2, 0) is 6.54 Å². The van der Waals surface area contributed by atoms with Gasteiger partial charge >= 0.3 is 0 Å². The van der Waals surface area contributed by atoms with Crippen molar-refractivity contribution in [2.75, 3.05) is 10.6 Å². The van der Waals surface area contributed by atoms with Gasteiger partial charge in [0, 0.05) is 18.3 Å². The number of nitrogens with zero attached hydrogens (tertiary/aromatic N) is 3. The predicted molar refractivity (Wildman–Crippen MR) is 80.6 cm³/mol. The van der Waals surface area contributed by atoms with Crippen molar-refractivity contribution in [1.82, 2.24) is 10.2 Å². The molecule has 2 aromatic rings. The summed E-state index contributed by atoms with van der Waals surface area (Å²) in [5, 5.41) is 8.00. The Balaban J connectivity index is 1.83. The number of amides is 1. The minimum atomic E-state index is -0.567. The first-order chi connectivity index (χ1) is 10.1. The number of anilines is 2. The maximum atomic E-state index is 11.0. The largest absolute Gasteiger partial charge is 0.399 e. The molecule has 0 atom stereocenters. The molecule has 1 heterocycles. The van der Waals surface area contributed by atoms with Crippen LogP contribution < -0.4 is 16.4 Å². The van der Waals surface area contributed by atoms with Crippen LogP contribution in [0.15, 0.2) is 36.4 Å². The lowest BCUT2D eigenvalue weighted by atomic mass is 10.2. The van der Waals surface area contributed by atoms with Gasteiger partial charge in [0.2, 0.25) is 0 Å². The molecule has 6 nitrogen and oxygen atoms in total. The monoisotopic (exact) mass is 283 g/mol. The molecular weight excluding hydrogens is 266 g/mol. The lowest BCUT2D eigenvalue weighted by Gasteiger charge is -2.23. The van der Waals surface area contributed by atoms with Gasteiger partial charge in [-0.25, -0.2) is 0 Å². The van der Waals surface area contributed by atoms with E-state index in [-0.39, 0.29) is 5.69 Å². The number of rotatable bonds is 5. The fraction of sp³-hybridized carbons (Fsp3) is 0.267. The smallest absolute Gasteiger partial charge is 0.269 e. The van der Waals surface area contributed by atoms with Crippen LogP contribution in [0.5, 0.6) is 0 Å². The van der Waals surface area contributed by atoms with Crippen LogP contribution >= 0.6 is 0 Å². The summed E-state index contributed by atoms with van der Waals surface area (Å²) in [5.41, 5.74) is 13.1. The van der Waals surface area contributed by atoms with Crippen LogP contribution in [0.25, 0.3) is 0 Å². The van der Waals surface area contributed by atoms with E-state index in [1.807, 2.05) is 24.3 Å². The molecular formula is C15H17N5O. The van der Waals surface area contributed by atoms with Crippen LogP contribution in [0.2, 0.25) is 0 Å². The van der Waals surface area contributed by atoms with Crippen LogP contribution in [0.4, 0.5) is 11.5 Å². The second-order valence-electron chi connectivity index (χ2n) is 5.25. The molecule has 0 bridgehead atoms. The SMILES string of the molecule is NC(=O)c1ccc(N(Cc2cccc(N)c2)C2CC2)nn1. The Kier molecular flexibility index (Phi) is 3.43. The summed E-state index contributed by atoms with van der Waals surface area (Å²) in [4.78, 5) is 13.2. The van der Waals surface area contributed by atoms with E-state index in [1.165, 1.54) is 0 Å². The van der Waals surface area contributed by atoms with Crippen molar-refractivity contribution in [3.8, 4) is 0 Å². The van der Waals surface area contributed by atoms with Gasteiger partial charge in [-0.3, -0.25) is 4.79 Å². The normalized spacial score (nSPS) is 13.9. The van der Waals surface area contributed by atoms with Crippen LogP contribution in [0, 0.1) is 0 Å². The van der Waals surface area contributed by atoms with Crippen molar-refractivity contribution in [1.29, 1.82) is 0 Å². The van der Waals surface area contributed by atoms with E-state index in [0.717, 1.165) is 36.5 Å². The molecule has 0 saturated heterocycles. The molecule has 0 spiro atoms. The van der Waals surface area contributed by atoms with Crippen molar-refractivity contribution in [3.05, 3.63) is 47.7 Å². The summed E-state index contributed by atoms with van der Waals surface area (Å²) in [5.74, 6) is 0.188. The van der Waals surface area contributed by atoms with Crippen molar-refractivity contribution >= 4 is 17.4 Å². The Bertz CT molecular complexity index is 651. The topological polar surface area (TPSA) is 98.1 Å². The Morgan fingerprint density at radius 2 is 2.05 bits per heavy atom. The fourth-order valence-corrected chi connectivity index (χ4v) is 2.28. The maximum Gasteiger partial charge on any atom is 0.269 e. The molecule has 1 aliphatic carbocycles. The molecule has 0 unspecified atom stereocenters. The molecule has 4 N–H and O–H groups in total. The lowest BCUT2D eigenvalue weighted by Crippen LogP contribution is -2.26. The average Bonchev–Trinajstić information content (AvgIpc) is 3.29. The summed E-state index contributed by atoms with van der Waals surface area (Å²) in [6.07, 6.45) is 2.28. The molecule has 108 valence electrons. The van der Waals surface area contributed by atoms with E-state index in [4.69, 9.17) is 11.5 Å². The van der Waals surface area contributed by atoms with Gasteiger partial charge < -0.3 is 16.4 Å². The quantitative estimate of drug-likeness (QED) is 0.807. The van der Waals surface area contributed by atoms with Crippen molar-refractivity contribution in [3.63, 3.8) is 0 Å². The summed E-state index contributed by atoms with van der Waals surface area (Å²) < 4.78 is 0. The van der Waals surface area contributed by atoms with Crippen LogP contribution in [0.3, 0.4) is 0 Å². The van der Waals surface area contributed by atoms with Crippen molar-refractivity contribution < 1.29 is 4.79 Å². The van der Waals surface area contributed by atoms with E-state index < -0.39 is 5.91 Å². The highest BCUT2D eigenvalue weighted by atomic mass is 16.1. The summed E-state index contributed by atoms with van der Waals surface area (Å²) in [6, 6.07) is 11.7. The number of aromatic nitrogens is 2. The average molecular weight is 283 g/mol. The number of carbonyl (C=O) groups excluding carboxylic acids is 1. The second kappa shape index (κ2) is 5.40. The van der Waals surface area contributed by atoms with Gasteiger partial charge in [0.15, 0.2) is 11.5 Å². The molecule has 21 heavy (non-hydrogen) atoms. The highest BCUT2D eigenvalue weighted by Crippen LogP contribution is 2.32. The van der Waals surface area contributed by atoms with E-state index >= 15 is 0 Å². The molecule has 1 aromatic carbocycles. The number of primary amides is 1. The van der Waals surface area contributed by atoms with Gasteiger partial charge in [0.25, 0.3) is 5.91 Å². The molecule has 1 amide bonds. The third-order valence-electron chi connectivity index (χ3n) is 3.49. The number of carbonyl (C=O) groups is 1. The highest BCUT2D eigenvalue weighted by molar-refractivity contribution is 5.90. The number of hydrogen-bond acceptors (Lipinski definition) is 5. The third kappa shape index (κ3) is 3.10. The first-order valence-corrected chi connectivity index (χ1v) is 6.88. The minimum absolute atomic E-state index is 0.179. The zero-order chi connectivity index (χ0) is 14.8. The summed E-state index contributed by atoms with van der Waals surface area (Å²) in [6.45, 7) is 0.723. The Labute approximate surface area is 122 Å². The zero-order valence-electron chi connectivity index (χ0n) is 11.6. The third-order valence-corrected chi connectivity index (χ3v) is 3.49. The molecule has 3 rings (SSSR count). The fourth-order valence-electron chi connectivity index (χ4n) is 2.28. The number of benzene rings is 1. The van der Waals surface area contributed by atoms with Gasteiger partial charge in [0.1, 0.15) is 0 Å². The minimum Gasteiger partial charge on any atom is -0.399 e. The van der Waals surface area contributed by atoms with Crippen molar-refractivity contribution in [2.45, 2.75) is 25.4 Å². The van der Waals surface area contributed by atoms with Crippen LogP contribution in [0.1, 0.15) is 28.9 Å². The Morgan fingerprint density at radius 1 is 1.24 bits per heavy atom. The first-order valence-electron chi connectivity index (χ1n) is 6.88. The highest BCUT2D eigenvalue weighted by Gasteiger charge is 2.30. The van der Waals surface area contributed by atoms with Gasteiger partial charge in [-0.15, -0.1) is 10.2 Å². The molecule has 1 aliphatic rings. The maximum absolute atomic E-state index is 11.0. The second-order valence-corrected chi connectivity index (χ2v) is 5.25. The summed E-state index contributed by atoms with van der Waals surface area (Å²) in [7, 11) is 0. The predicted octanol–water partition coefficient (Wildman–Crippen LogP) is 1.33. The molecule has 0 radical (unpaired) electrons. The van der Waals surface area contributed by atoms with Crippen molar-refractivity contribution in [2.24, 2.45) is 5.73 Å². The lowest BCUT2D eigenvalue weighted by molar-refractivity contribution is 0.0994. The Morgan fingerprint density at radius 3 is 2.62 bits per heavy atom. The van der Waals surface area contributed by atoms with E-state index in [2.05, 4.69) is 15.1 Å². The van der Waals surface area contributed by atoms with E-state index in [1.54, 1.807) is 12.1 Å². The first kappa shape index (κ1) is 13.4. The molecule has 1 fully saturated rings. The van der Waals surface area contributed by atoms with E-state index in [0.29, 0.717) is 6.04 Å². The molecule has 6 heteroatoms. The number of nitrogen functional groups attached to an aromatic ring is 1. The number of nitrogens with two attached hydrogens (primary N) is 2. The Hall–Kier alpha value is -2.63. The zero-order valence-corrected chi connectivity index (χ0v) is 11.6. The van der Waals surface area contributed by atoms with Gasteiger partial charge in [0.05, 0.1) is 0 Å². The van der Waals surface area contributed by atoms with Gasteiger partial charge in [-0.2, -0.15) is 0 Å². The van der Waals surface area contributed by atoms with Gasteiger partial charge in [-0.1, -0.05) is 12.1 Å². The molecule has 1 saturated carbocycles. The molecule has 1 aromatic heterocycles. The standard InChI is InChI=1S/C15H17N5O/c16-11-3-1-2-10(8-11)9-20(12-4-5-12)14-7-6-13(15(17)21)18-19-14/h1-3,6-8,12H,4-5,9,16H2,(H2,17,21). The summed E-state index contributed by atoms with van der Waals surface area (Å²) >= 11 is 0. The number of hydrogen-bond donors (Lipinski definition) is 2. The molecule has 0 aliphatic heterocycles. The van der Waals surface area contributed by atoms with E-state index in [9.17, 15) is 4.79 Å².